The predicted octanol–water partition coefficient (Wildman–Crippen LogP) is 0.576. The quantitative estimate of drug-likeness (QED) is 0.385. The molecular formula is C19H29N5O4S. The van der Waals surface area contributed by atoms with Gasteiger partial charge in [-0.3, -0.25) is 9.59 Å². The van der Waals surface area contributed by atoms with E-state index in [-0.39, 0.29) is 31.4 Å². The van der Waals surface area contributed by atoms with Gasteiger partial charge < -0.3 is 32.2 Å². The topological polar surface area (TPSA) is 154 Å². The molecule has 2 rings (SSSR count). The summed E-state index contributed by atoms with van der Waals surface area (Å²) < 4.78 is 5.34. The Balaban J connectivity index is 1.75. The summed E-state index contributed by atoms with van der Waals surface area (Å²) in [6, 6.07) is 5.31. The van der Waals surface area contributed by atoms with Crippen molar-refractivity contribution in [3.05, 3.63) is 29.8 Å². The van der Waals surface area contributed by atoms with Crippen molar-refractivity contribution in [2.24, 2.45) is 17.2 Å². The van der Waals surface area contributed by atoms with E-state index in [9.17, 15) is 14.4 Å². The van der Waals surface area contributed by atoms with Crippen LogP contribution in [0.3, 0.4) is 0 Å². The summed E-state index contributed by atoms with van der Waals surface area (Å²) in [5.74, 6) is -1.01. The summed E-state index contributed by atoms with van der Waals surface area (Å²) in [6.07, 6.45) is 1.88. The molecule has 1 aromatic rings. The number of rotatable bonds is 8. The molecule has 0 aromatic heterocycles. The number of benzene rings is 1. The van der Waals surface area contributed by atoms with Gasteiger partial charge in [0, 0.05) is 24.0 Å². The van der Waals surface area contributed by atoms with Gasteiger partial charge in [-0.25, -0.2) is 4.79 Å². The van der Waals surface area contributed by atoms with E-state index in [0.29, 0.717) is 24.0 Å². The maximum absolute atomic E-state index is 12.1. The fourth-order valence-corrected chi connectivity index (χ4v) is 3.07. The lowest BCUT2D eigenvalue weighted by Crippen LogP contribution is -2.40. The lowest BCUT2D eigenvalue weighted by molar-refractivity contribution is -0.120. The molecule has 1 fully saturated rings. The Morgan fingerprint density at radius 1 is 1.10 bits per heavy atom. The SMILES string of the molecule is NC(=O)C(N)CC[C@H](N)C(=O)Nc1ccc(COC(=O)N2CCC(S)CC2)cc1. The third-order valence-electron chi connectivity index (χ3n) is 4.80. The van der Waals surface area contributed by atoms with Gasteiger partial charge in [0.15, 0.2) is 0 Å². The van der Waals surface area contributed by atoms with Crippen LogP contribution < -0.4 is 22.5 Å². The molecule has 1 aliphatic rings. The number of nitrogens with one attached hydrogen (secondary N) is 1. The first kappa shape index (κ1) is 23.0. The number of nitrogens with two attached hydrogens (primary N) is 3. The molecule has 10 heteroatoms. The molecule has 1 aliphatic heterocycles. The third kappa shape index (κ3) is 7.56. The molecule has 1 unspecified atom stereocenters. The fourth-order valence-electron chi connectivity index (χ4n) is 2.84. The molecular weight excluding hydrogens is 394 g/mol. The molecule has 0 spiro atoms. The van der Waals surface area contributed by atoms with Gasteiger partial charge in [-0.1, -0.05) is 12.1 Å². The number of anilines is 1. The van der Waals surface area contributed by atoms with Crippen molar-refractivity contribution >= 4 is 36.2 Å². The van der Waals surface area contributed by atoms with E-state index in [4.69, 9.17) is 21.9 Å². The third-order valence-corrected chi connectivity index (χ3v) is 5.31. The molecule has 0 aliphatic carbocycles. The number of carbonyl (C=O) groups is 3. The van der Waals surface area contributed by atoms with E-state index < -0.39 is 18.0 Å². The van der Waals surface area contributed by atoms with E-state index in [2.05, 4.69) is 17.9 Å². The largest absolute Gasteiger partial charge is 0.445 e. The molecule has 0 saturated carbocycles. The van der Waals surface area contributed by atoms with Crippen LogP contribution in [0.2, 0.25) is 0 Å². The van der Waals surface area contributed by atoms with Gasteiger partial charge in [-0.15, -0.1) is 0 Å². The fraction of sp³-hybridized carbons (Fsp3) is 0.526. The minimum atomic E-state index is -0.819. The van der Waals surface area contributed by atoms with Crippen LogP contribution in [-0.2, 0) is 20.9 Å². The van der Waals surface area contributed by atoms with Crippen LogP contribution in [-0.4, -0.2) is 53.2 Å². The number of hydrogen-bond acceptors (Lipinski definition) is 7. The summed E-state index contributed by atoms with van der Waals surface area (Å²) in [4.78, 5) is 36.8. The van der Waals surface area contributed by atoms with Crippen molar-refractivity contribution in [1.82, 2.24) is 4.90 Å². The van der Waals surface area contributed by atoms with Gasteiger partial charge in [0.2, 0.25) is 11.8 Å². The second kappa shape index (κ2) is 11.0. The number of primary amides is 1. The van der Waals surface area contributed by atoms with Crippen LogP contribution in [0.4, 0.5) is 10.5 Å². The molecule has 3 amide bonds. The molecule has 2 atom stereocenters. The lowest BCUT2D eigenvalue weighted by Gasteiger charge is -2.29. The highest BCUT2D eigenvalue weighted by atomic mass is 32.1. The molecule has 160 valence electrons. The van der Waals surface area contributed by atoms with Crippen molar-refractivity contribution < 1.29 is 19.1 Å². The van der Waals surface area contributed by atoms with Crippen LogP contribution in [0, 0.1) is 0 Å². The number of amides is 3. The van der Waals surface area contributed by atoms with E-state index in [0.717, 1.165) is 18.4 Å². The van der Waals surface area contributed by atoms with Gasteiger partial charge >= 0.3 is 6.09 Å². The molecule has 0 bridgehead atoms. The monoisotopic (exact) mass is 423 g/mol. The Kier molecular flexibility index (Phi) is 8.74. The molecule has 0 radical (unpaired) electrons. The Morgan fingerprint density at radius 2 is 1.69 bits per heavy atom. The van der Waals surface area contributed by atoms with Crippen molar-refractivity contribution in [3.63, 3.8) is 0 Å². The van der Waals surface area contributed by atoms with E-state index in [1.54, 1.807) is 29.2 Å². The first-order chi connectivity index (χ1) is 13.8. The number of carbonyl (C=O) groups excluding carboxylic acids is 3. The Bertz CT molecular complexity index is 707. The van der Waals surface area contributed by atoms with Gasteiger partial charge in [-0.2, -0.15) is 12.6 Å². The maximum atomic E-state index is 12.1. The van der Waals surface area contributed by atoms with Gasteiger partial charge in [0.05, 0.1) is 12.1 Å². The first-order valence-electron chi connectivity index (χ1n) is 9.56. The highest BCUT2D eigenvalue weighted by Crippen LogP contribution is 2.17. The van der Waals surface area contributed by atoms with Crippen LogP contribution in [0.1, 0.15) is 31.2 Å². The van der Waals surface area contributed by atoms with E-state index in [1.807, 2.05) is 0 Å². The second-order valence-electron chi connectivity index (χ2n) is 7.15. The van der Waals surface area contributed by atoms with Crippen LogP contribution in [0.25, 0.3) is 0 Å². The van der Waals surface area contributed by atoms with E-state index in [1.165, 1.54) is 0 Å². The molecule has 1 heterocycles. The minimum absolute atomic E-state index is 0.151. The van der Waals surface area contributed by atoms with Crippen molar-refractivity contribution in [3.8, 4) is 0 Å². The first-order valence-corrected chi connectivity index (χ1v) is 10.1. The zero-order chi connectivity index (χ0) is 21.4. The van der Waals surface area contributed by atoms with Crippen LogP contribution in [0.5, 0.6) is 0 Å². The average molecular weight is 424 g/mol. The Labute approximate surface area is 175 Å². The normalized spacial score (nSPS) is 16.7. The van der Waals surface area contributed by atoms with Crippen molar-refractivity contribution in [2.75, 3.05) is 18.4 Å². The van der Waals surface area contributed by atoms with Gasteiger partial charge in [0.1, 0.15) is 6.61 Å². The zero-order valence-corrected chi connectivity index (χ0v) is 17.1. The second-order valence-corrected chi connectivity index (χ2v) is 7.88. The van der Waals surface area contributed by atoms with Gasteiger partial charge in [0.25, 0.3) is 0 Å². The molecule has 1 saturated heterocycles. The summed E-state index contributed by atoms with van der Waals surface area (Å²) in [7, 11) is 0. The summed E-state index contributed by atoms with van der Waals surface area (Å²) >= 11 is 4.41. The average Bonchev–Trinajstić information content (AvgIpc) is 2.71. The number of hydrogen-bond donors (Lipinski definition) is 5. The highest BCUT2D eigenvalue weighted by molar-refractivity contribution is 7.80. The van der Waals surface area contributed by atoms with E-state index >= 15 is 0 Å². The maximum Gasteiger partial charge on any atom is 0.410 e. The van der Waals surface area contributed by atoms with Gasteiger partial charge in [-0.05, 0) is 43.4 Å². The predicted molar refractivity (Wildman–Crippen MR) is 113 cm³/mol. The molecule has 29 heavy (non-hydrogen) atoms. The number of piperidine rings is 1. The Morgan fingerprint density at radius 3 is 2.28 bits per heavy atom. The molecule has 7 N–H and O–H groups in total. The number of thiol groups is 1. The minimum Gasteiger partial charge on any atom is -0.445 e. The van der Waals surface area contributed by atoms with Crippen molar-refractivity contribution in [1.29, 1.82) is 0 Å². The highest BCUT2D eigenvalue weighted by Gasteiger charge is 2.22. The lowest BCUT2D eigenvalue weighted by atomic mass is 10.1. The molecule has 1 aromatic carbocycles. The number of ether oxygens (including phenoxy) is 1. The summed E-state index contributed by atoms with van der Waals surface area (Å²) in [5.41, 5.74) is 17.8. The summed E-state index contributed by atoms with van der Waals surface area (Å²) in [5, 5.41) is 3.04. The Hall–Kier alpha value is -2.30. The smallest absolute Gasteiger partial charge is 0.410 e. The standard InChI is InChI=1S/C19H29N5O4S/c20-15(17(22)25)5-6-16(21)18(26)23-13-3-1-12(2-4-13)11-28-19(27)24-9-7-14(29)8-10-24/h1-4,14-16,29H,5-11,20-21H2,(H2,22,25)(H,23,26)/t15?,16-/m0/s1. The summed E-state index contributed by atoms with van der Waals surface area (Å²) in [6.45, 7) is 1.46. The zero-order valence-electron chi connectivity index (χ0n) is 16.3. The number of nitrogens with zero attached hydrogens (tertiary/aromatic N) is 1. The molecule has 9 nitrogen and oxygen atoms in total. The van der Waals surface area contributed by atoms with Crippen LogP contribution >= 0.6 is 12.6 Å². The van der Waals surface area contributed by atoms with Crippen molar-refractivity contribution in [2.45, 2.75) is 49.6 Å². The number of likely N-dealkylation sites (tertiary alicyclic amines) is 1. The van der Waals surface area contributed by atoms with Crippen LogP contribution in [0.15, 0.2) is 24.3 Å².